The highest BCUT2D eigenvalue weighted by Gasteiger charge is 2.59. The van der Waals surface area contributed by atoms with Crippen LogP contribution in [0.2, 0.25) is 0 Å². The van der Waals surface area contributed by atoms with Gasteiger partial charge in [-0.1, -0.05) is 0 Å². The minimum absolute atomic E-state index is 0.316. The molecule has 0 aromatic carbocycles. The van der Waals surface area contributed by atoms with Gasteiger partial charge in [0.15, 0.2) is 5.60 Å². The summed E-state index contributed by atoms with van der Waals surface area (Å²) in [6.45, 7) is 2.14. The largest absolute Gasteiger partial charge is 0.388 e. The molecule has 1 amide bonds. The van der Waals surface area contributed by atoms with Crippen molar-refractivity contribution in [2.75, 3.05) is 6.54 Å². The second-order valence-electron chi connectivity index (χ2n) is 3.65. The highest BCUT2D eigenvalue weighted by atomic mass is 16.6. The van der Waals surface area contributed by atoms with Crippen LogP contribution in [0.25, 0.3) is 0 Å². The number of hydrogen-bond acceptors (Lipinski definition) is 4. The third-order valence-electron chi connectivity index (χ3n) is 2.84. The summed E-state index contributed by atoms with van der Waals surface area (Å²) in [5.74, 6) is -0.316. The van der Waals surface area contributed by atoms with Crippen molar-refractivity contribution in [1.29, 1.82) is 0 Å². The number of rotatable bonds is 0. The molecule has 0 bridgehead atoms. The van der Waals surface area contributed by atoms with Crippen LogP contribution in [-0.2, 0) is 9.53 Å². The average molecular weight is 187 g/mol. The zero-order valence-electron chi connectivity index (χ0n) is 7.36. The summed E-state index contributed by atoms with van der Waals surface area (Å²) in [5, 5.41) is 21.7. The maximum Gasteiger partial charge on any atom is 0.255 e. The Balaban J connectivity index is 2.29. The molecule has 5 nitrogen and oxygen atoms in total. The van der Waals surface area contributed by atoms with Gasteiger partial charge in [0.25, 0.3) is 5.91 Å². The normalized spacial score (nSPS) is 50.1. The summed E-state index contributed by atoms with van der Waals surface area (Å²) in [5.41, 5.74) is -1.20. The number of ether oxygens (including phenoxy) is 1. The Hall–Kier alpha value is -0.650. The molecule has 2 aliphatic heterocycles. The van der Waals surface area contributed by atoms with E-state index in [1.54, 1.807) is 6.92 Å². The van der Waals surface area contributed by atoms with Crippen molar-refractivity contribution in [1.82, 2.24) is 5.32 Å². The maximum atomic E-state index is 11.4. The van der Waals surface area contributed by atoms with Crippen LogP contribution in [0.3, 0.4) is 0 Å². The minimum Gasteiger partial charge on any atom is -0.388 e. The van der Waals surface area contributed by atoms with Gasteiger partial charge >= 0.3 is 0 Å². The predicted molar refractivity (Wildman–Crippen MR) is 42.9 cm³/mol. The standard InChI is InChI=1S/C8H13NO4/c1-4-5(10)6(11)8(13-4)2-3-9-7(8)12/h4-6,10-11H,2-3H2,1H3,(H,9,12)/t4-,5+,6+,8-/m0/s1. The van der Waals surface area contributed by atoms with Gasteiger partial charge < -0.3 is 20.3 Å². The first kappa shape index (κ1) is 8.93. The molecular formula is C8H13NO4. The highest BCUT2D eigenvalue weighted by Crippen LogP contribution is 2.36. The van der Waals surface area contributed by atoms with Gasteiger partial charge in [-0.3, -0.25) is 4.79 Å². The minimum atomic E-state index is -1.20. The average Bonchev–Trinajstić information content (AvgIpc) is 2.54. The molecule has 0 saturated carbocycles. The number of nitrogens with one attached hydrogen (secondary N) is 1. The first-order valence-corrected chi connectivity index (χ1v) is 4.40. The van der Waals surface area contributed by atoms with Gasteiger partial charge in [0, 0.05) is 13.0 Å². The van der Waals surface area contributed by atoms with Gasteiger partial charge in [-0.25, -0.2) is 0 Å². The van der Waals surface area contributed by atoms with Gasteiger partial charge in [-0.15, -0.1) is 0 Å². The van der Waals surface area contributed by atoms with Gasteiger partial charge in [-0.2, -0.15) is 0 Å². The molecule has 2 aliphatic rings. The van der Waals surface area contributed by atoms with Crippen LogP contribution in [0.4, 0.5) is 0 Å². The summed E-state index contributed by atoms with van der Waals surface area (Å²) in [7, 11) is 0. The monoisotopic (exact) mass is 187 g/mol. The molecule has 2 fully saturated rings. The van der Waals surface area contributed by atoms with Crippen molar-refractivity contribution in [3.8, 4) is 0 Å². The molecule has 0 unspecified atom stereocenters. The van der Waals surface area contributed by atoms with E-state index in [4.69, 9.17) is 4.74 Å². The third-order valence-corrected chi connectivity index (χ3v) is 2.84. The molecule has 3 N–H and O–H groups in total. The lowest BCUT2D eigenvalue weighted by molar-refractivity contribution is -0.147. The predicted octanol–water partition coefficient (Wildman–Crippen LogP) is -1.61. The number of aliphatic hydroxyl groups excluding tert-OH is 2. The van der Waals surface area contributed by atoms with Crippen LogP contribution >= 0.6 is 0 Å². The Labute approximate surface area is 75.7 Å². The van der Waals surface area contributed by atoms with E-state index in [1.807, 2.05) is 0 Å². The van der Waals surface area contributed by atoms with Crippen LogP contribution in [-0.4, -0.2) is 46.6 Å². The van der Waals surface area contributed by atoms with Crippen LogP contribution in [0.5, 0.6) is 0 Å². The van der Waals surface area contributed by atoms with Crippen LogP contribution in [0.15, 0.2) is 0 Å². The molecule has 2 heterocycles. The topological polar surface area (TPSA) is 78.8 Å². The van der Waals surface area contributed by atoms with Crippen molar-refractivity contribution in [2.45, 2.75) is 37.3 Å². The smallest absolute Gasteiger partial charge is 0.255 e. The molecule has 2 rings (SSSR count). The number of amides is 1. The molecule has 0 aliphatic carbocycles. The lowest BCUT2D eigenvalue weighted by Crippen LogP contribution is -2.48. The van der Waals surface area contributed by atoms with Crippen LogP contribution in [0.1, 0.15) is 13.3 Å². The second kappa shape index (κ2) is 2.67. The fourth-order valence-electron chi connectivity index (χ4n) is 2.02. The van der Waals surface area contributed by atoms with E-state index >= 15 is 0 Å². The Morgan fingerprint density at radius 1 is 1.62 bits per heavy atom. The highest BCUT2D eigenvalue weighted by molar-refractivity contribution is 5.88. The molecule has 0 aromatic heterocycles. The van der Waals surface area contributed by atoms with E-state index in [0.717, 1.165) is 0 Å². The van der Waals surface area contributed by atoms with Gasteiger partial charge in [0.2, 0.25) is 0 Å². The van der Waals surface area contributed by atoms with Crippen molar-refractivity contribution in [3.63, 3.8) is 0 Å². The summed E-state index contributed by atoms with van der Waals surface area (Å²) in [6, 6.07) is 0. The van der Waals surface area contributed by atoms with E-state index in [2.05, 4.69) is 5.32 Å². The lowest BCUT2D eigenvalue weighted by Gasteiger charge is -2.23. The molecule has 0 aromatic rings. The molecule has 0 radical (unpaired) electrons. The molecular weight excluding hydrogens is 174 g/mol. The van der Waals surface area contributed by atoms with E-state index < -0.39 is 23.9 Å². The van der Waals surface area contributed by atoms with E-state index in [-0.39, 0.29) is 5.91 Å². The summed E-state index contributed by atoms with van der Waals surface area (Å²) < 4.78 is 5.33. The summed E-state index contributed by atoms with van der Waals surface area (Å²) in [6.07, 6.45) is -2.14. The van der Waals surface area contributed by atoms with Crippen molar-refractivity contribution >= 4 is 5.91 Å². The fraction of sp³-hybridized carbons (Fsp3) is 0.875. The third kappa shape index (κ3) is 1.01. The SMILES string of the molecule is C[C@@H]1O[C@@]2(CCNC2=O)[C@H](O)[C@@H]1O. The fourth-order valence-corrected chi connectivity index (χ4v) is 2.02. The molecule has 74 valence electrons. The first-order valence-electron chi connectivity index (χ1n) is 4.40. The Bertz CT molecular complexity index is 244. The van der Waals surface area contributed by atoms with Crippen molar-refractivity contribution in [2.24, 2.45) is 0 Å². The molecule has 1 spiro atoms. The zero-order valence-corrected chi connectivity index (χ0v) is 7.36. The van der Waals surface area contributed by atoms with Gasteiger partial charge in [0.1, 0.15) is 12.2 Å². The number of carbonyl (C=O) groups excluding carboxylic acids is 1. The van der Waals surface area contributed by atoms with Crippen molar-refractivity contribution in [3.05, 3.63) is 0 Å². The van der Waals surface area contributed by atoms with Crippen LogP contribution in [0, 0.1) is 0 Å². The Kier molecular flexibility index (Phi) is 1.83. The van der Waals surface area contributed by atoms with E-state index in [1.165, 1.54) is 0 Å². The number of aliphatic hydroxyl groups is 2. The van der Waals surface area contributed by atoms with Crippen LogP contribution < -0.4 is 5.32 Å². The molecule has 4 atom stereocenters. The molecule has 2 saturated heterocycles. The second-order valence-corrected chi connectivity index (χ2v) is 3.65. The Morgan fingerprint density at radius 3 is 2.69 bits per heavy atom. The van der Waals surface area contributed by atoms with Gasteiger partial charge in [-0.05, 0) is 6.92 Å². The molecule has 5 heteroatoms. The number of carbonyl (C=O) groups is 1. The quantitative estimate of drug-likeness (QED) is 0.426. The maximum absolute atomic E-state index is 11.4. The van der Waals surface area contributed by atoms with E-state index in [9.17, 15) is 15.0 Å². The first-order chi connectivity index (χ1) is 6.08. The molecule has 13 heavy (non-hydrogen) atoms. The van der Waals surface area contributed by atoms with Gasteiger partial charge in [0.05, 0.1) is 6.10 Å². The zero-order chi connectivity index (χ0) is 9.64. The lowest BCUT2D eigenvalue weighted by atomic mass is 9.93. The summed E-state index contributed by atoms with van der Waals surface area (Å²) in [4.78, 5) is 11.4. The van der Waals surface area contributed by atoms with Crippen molar-refractivity contribution < 1.29 is 19.7 Å². The Morgan fingerprint density at radius 2 is 2.31 bits per heavy atom. The van der Waals surface area contributed by atoms with E-state index in [0.29, 0.717) is 13.0 Å². The summed E-state index contributed by atoms with van der Waals surface area (Å²) >= 11 is 0. The number of hydrogen-bond donors (Lipinski definition) is 3.